The molecule has 34 heavy (non-hydrogen) atoms. The van der Waals surface area contributed by atoms with E-state index in [9.17, 15) is 9.59 Å². The Labute approximate surface area is 202 Å². The number of nitrogens with zero attached hydrogens (tertiary/aromatic N) is 3. The van der Waals surface area contributed by atoms with Crippen molar-refractivity contribution in [2.75, 3.05) is 46.4 Å². The molecule has 3 heterocycles. The van der Waals surface area contributed by atoms with Gasteiger partial charge in [-0.1, -0.05) is 12.1 Å². The molecule has 2 amide bonds. The van der Waals surface area contributed by atoms with Gasteiger partial charge in [-0.2, -0.15) is 0 Å². The second-order valence-corrected chi connectivity index (χ2v) is 9.37. The van der Waals surface area contributed by atoms with Crippen molar-refractivity contribution in [3.05, 3.63) is 58.9 Å². The van der Waals surface area contributed by atoms with Gasteiger partial charge in [0, 0.05) is 37.8 Å². The summed E-state index contributed by atoms with van der Waals surface area (Å²) in [5.74, 6) is 1.03. The van der Waals surface area contributed by atoms with E-state index in [4.69, 9.17) is 9.72 Å². The van der Waals surface area contributed by atoms with E-state index >= 15 is 0 Å². The van der Waals surface area contributed by atoms with Crippen LogP contribution in [-0.4, -0.2) is 73.0 Å². The van der Waals surface area contributed by atoms with Gasteiger partial charge in [-0.25, -0.2) is 0 Å². The molecule has 7 nitrogen and oxygen atoms in total. The Hall–Kier alpha value is -2.93. The monoisotopic (exact) mass is 464 g/mol. The van der Waals surface area contributed by atoms with Crippen LogP contribution in [0, 0.1) is 6.92 Å². The van der Waals surface area contributed by atoms with Crippen molar-refractivity contribution in [1.29, 1.82) is 0 Å². The van der Waals surface area contributed by atoms with Crippen molar-refractivity contribution in [1.82, 2.24) is 20.1 Å². The van der Waals surface area contributed by atoms with Crippen LogP contribution in [0.25, 0.3) is 0 Å². The van der Waals surface area contributed by atoms with E-state index in [1.54, 1.807) is 7.11 Å². The van der Waals surface area contributed by atoms with Gasteiger partial charge >= 0.3 is 0 Å². The summed E-state index contributed by atoms with van der Waals surface area (Å²) in [4.78, 5) is 34.9. The van der Waals surface area contributed by atoms with E-state index < -0.39 is 0 Å². The van der Waals surface area contributed by atoms with E-state index in [0.717, 1.165) is 55.2 Å². The van der Waals surface area contributed by atoms with E-state index in [0.29, 0.717) is 31.6 Å². The molecule has 0 atom stereocenters. The minimum atomic E-state index is -0.0433. The molecule has 0 radical (unpaired) electrons. The van der Waals surface area contributed by atoms with Crippen LogP contribution in [0.4, 0.5) is 0 Å². The average Bonchev–Trinajstić information content (AvgIpc) is 3.37. The zero-order valence-corrected chi connectivity index (χ0v) is 20.4. The molecular formula is C27H36N4O3. The van der Waals surface area contributed by atoms with Crippen LogP contribution in [0.5, 0.6) is 5.75 Å². The number of rotatable bonds is 8. The van der Waals surface area contributed by atoms with Crippen molar-refractivity contribution in [3.8, 4) is 5.75 Å². The molecule has 1 aromatic heterocycles. The first-order chi connectivity index (χ1) is 16.5. The van der Waals surface area contributed by atoms with Crippen molar-refractivity contribution < 1.29 is 14.3 Å². The smallest absolute Gasteiger partial charge is 0.253 e. The number of likely N-dealkylation sites (tertiary alicyclic amines) is 2. The quantitative estimate of drug-likeness (QED) is 0.650. The molecule has 0 bridgehead atoms. The van der Waals surface area contributed by atoms with Gasteiger partial charge in [0.15, 0.2) is 0 Å². The van der Waals surface area contributed by atoms with Crippen LogP contribution in [-0.2, 0) is 11.2 Å². The normalized spacial score (nSPS) is 17.1. The predicted molar refractivity (Wildman–Crippen MR) is 132 cm³/mol. The summed E-state index contributed by atoms with van der Waals surface area (Å²) >= 11 is 0. The zero-order chi connectivity index (χ0) is 23.9. The Kier molecular flexibility index (Phi) is 8.16. The third-order valence-electron chi connectivity index (χ3n) is 6.94. The van der Waals surface area contributed by atoms with Crippen LogP contribution in [0.3, 0.4) is 0 Å². The van der Waals surface area contributed by atoms with Gasteiger partial charge < -0.3 is 19.9 Å². The molecule has 1 aromatic carbocycles. The molecule has 2 aliphatic heterocycles. The summed E-state index contributed by atoms with van der Waals surface area (Å²) < 4.78 is 5.27. The van der Waals surface area contributed by atoms with Crippen LogP contribution < -0.4 is 10.1 Å². The van der Waals surface area contributed by atoms with Crippen molar-refractivity contribution in [2.24, 2.45) is 0 Å². The molecule has 2 aromatic rings. The molecule has 182 valence electrons. The Balaban J connectivity index is 1.34. The number of carbonyl (C=O) groups is 2. The number of hydrogen-bond acceptors (Lipinski definition) is 5. The summed E-state index contributed by atoms with van der Waals surface area (Å²) in [5.41, 5.74) is 3.42. The topological polar surface area (TPSA) is 74.8 Å². The van der Waals surface area contributed by atoms with Gasteiger partial charge in [0.1, 0.15) is 5.75 Å². The number of piperidine rings is 1. The Morgan fingerprint density at radius 3 is 2.59 bits per heavy atom. The molecule has 2 aliphatic rings. The Morgan fingerprint density at radius 1 is 1.09 bits per heavy atom. The van der Waals surface area contributed by atoms with Crippen LogP contribution in [0.2, 0.25) is 0 Å². The lowest BCUT2D eigenvalue weighted by Gasteiger charge is -2.32. The highest BCUT2D eigenvalue weighted by Crippen LogP contribution is 2.30. The summed E-state index contributed by atoms with van der Waals surface area (Å²) in [6, 6.07) is 11.5. The second-order valence-electron chi connectivity index (χ2n) is 9.37. The summed E-state index contributed by atoms with van der Waals surface area (Å²) in [5, 5.41) is 3.09. The first-order valence-corrected chi connectivity index (χ1v) is 12.4. The number of amides is 2. The number of benzene rings is 1. The largest absolute Gasteiger partial charge is 0.497 e. The SMILES string of the molecule is COc1cccc(CC(=O)N2CCC(c3nc(C)ccc3C(=O)NCCN3CCCC3)CC2)c1. The Bertz CT molecular complexity index is 995. The minimum absolute atomic E-state index is 0.0433. The molecule has 2 fully saturated rings. The molecule has 0 saturated carbocycles. The van der Waals surface area contributed by atoms with E-state index in [1.165, 1.54) is 12.8 Å². The maximum atomic E-state index is 13.0. The number of nitrogens with one attached hydrogen (secondary N) is 1. The number of hydrogen-bond donors (Lipinski definition) is 1. The van der Waals surface area contributed by atoms with Gasteiger partial charge in [-0.15, -0.1) is 0 Å². The van der Waals surface area contributed by atoms with Gasteiger partial charge in [0.2, 0.25) is 5.91 Å². The van der Waals surface area contributed by atoms with Crippen molar-refractivity contribution >= 4 is 11.8 Å². The fourth-order valence-corrected chi connectivity index (χ4v) is 4.98. The third kappa shape index (κ3) is 6.14. The number of methoxy groups -OCH3 is 1. The first-order valence-electron chi connectivity index (χ1n) is 12.4. The molecule has 1 N–H and O–H groups in total. The maximum absolute atomic E-state index is 13.0. The van der Waals surface area contributed by atoms with Gasteiger partial charge in [-0.3, -0.25) is 14.6 Å². The van der Waals surface area contributed by atoms with Gasteiger partial charge in [0.25, 0.3) is 5.91 Å². The average molecular weight is 465 g/mol. The summed E-state index contributed by atoms with van der Waals surface area (Å²) in [6.45, 7) is 7.13. The lowest BCUT2D eigenvalue weighted by molar-refractivity contribution is -0.131. The highest BCUT2D eigenvalue weighted by Gasteiger charge is 2.28. The molecule has 0 spiro atoms. The van der Waals surface area contributed by atoms with Crippen molar-refractivity contribution in [2.45, 2.75) is 44.9 Å². The number of ether oxygens (including phenoxy) is 1. The van der Waals surface area contributed by atoms with E-state index in [2.05, 4.69) is 10.2 Å². The van der Waals surface area contributed by atoms with E-state index in [-0.39, 0.29) is 17.7 Å². The summed E-state index contributed by atoms with van der Waals surface area (Å²) in [7, 11) is 1.63. The fourth-order valence-electron chi connectivity index (χ4n) is 4.98. The van der Waals surface area contributed by atoms with Crippen LogP contribution >= 0.6 is 0 Å². The third-order valence-corrected chi connectivity index (χ3v) is 6.94. The molecule has 7 heteroatoms. The molecule has 4 rings (SSSR count). The molecule has 0 aliphatic carbocycles. The standard InChI is InChI=1S/C27H36N4O3/c1-20-8-9-24(27(33)28-12-17-30-13-3-4-14-30)26(29-20)22-10-15-31(16-11-22)25(32)19-21-6-5-7-23(18-21)34-2/h5-9,18,22H,3-4,10-17,19H2,1-2H3,(H,28,33). The highest BCUT2D eigenvalue weighted by atomic mass is 16.5. The lowest BCUT2D eigenvalue weighted by atomic mass is 9.89. The van der Waals surface area contributed by atoms with Crippen molar-refractivity contribution in [3.63, 3.8) is 0 Å². The minimum Gasteiger partial charge on any atom is -0.497 e. The number of carbonyl (C=O) groups excluding carboxylic acids is 2. The number of aryl methyl sites for hydroxylation is 1. The Morgan fingerprint density at radius 2 is 1.85 bits per heavy atom. The maximum Gasteiger partial charge on any atom is 0.253 e. The van der Waals surface area contributed by atoms with Crippen LogP contribution in [0.1, 0.15) is 58.9 Å². The lowest BCUT2D eigenvalue weighted by Crippen LogP contribution is -2.39. The van der Waals surface area contributed by atoms with Crippen LogP contribution in [0.15, 0.2) is 36.4 Å². The molecule has 2 saturated heterocycles. The van der Waals surface area contributed by atoms with Gasteiger partial charge in [-0.05, 0) is 75.5 Å². The van der Waals surface area contributed by atoms with Gasteiger partial charge in [0.05, 0.1) is 24.8 Å². The number of aromatic nitrogens is 1. The molecular weight excluding hydrogens is 428 g/mol. The number of pyridine rings is 1. The first kappa shape index (κ1) is 24.2. The molecule has 0 unspecified atom stereocenters. The van der Waals surface area contributed by atoms with E-state index in [1.807, 2.05) is 48.2 Å². The fraction of sp³-hybridized carbons (Fsp3) is 0.519. The second kappa shape index (κ2) is 11.5. The predicted octanol–water partition coefficient (Wildman–Crippen LogP) is 3.17. The zero-order valence-electron chi connectivity index (χ0n) is 20.4. The highest BCUT2D eigenvalue weighted by molar-refractivity contribution is 5.95. The summed E-state index contributed by atoms with van der Waals surface area (Å²) in [6.07, 6.45) is 4.50.